The fraction of sp³-hybridized carbons (Fsp3) is 0.300. The Morgan fingerprint density at radius 3 is 2.82 bits per heavy atom. The third kappa shape index (κ3) is 2.95. The van der Waals surface area contributed by atoms with E-state index in [0.29, 0.717) is 12.2 Å². The summed E-state index contributed by atoms with van der Waals surface area (Å²) in [5, 5.41) is 3.46. The van der Waals surface area contributed by atoms with E-state index in [1.54, 1.807) is 19.2 Å². The summed E-state index contributed by atoms with van der Waals surface area (Å²) >= 11 is 0. The van der Waals surface area contributed by atoms with E-state index in [0.717, 1.165) is 5.56 Å². The molecule has 1 N–H and O–H groups in total. The molecule has 0 amide bonds. The predicted octanol–water partition coefficient (Wildman–Crippen LogP) is 1.10. The van der Waals surface area contributed by atoms with E-state index in [-0.39, 0.29) is 11.6 Å². The van der Waals surface area contributed by atoms with Crippen LogP contribution in [0.15, 0.2) is 38.6 Å². The summed E-state index contributed by atoms with van der Waals surface area (Å²) in [5.74, 6) is 0.560. The van der Waals surface area contributed by atoms with E-state index >= 15 is 0 Å². The summed E-state index contributed by atoms with van der Waals surface area (Å²) in [6.07, 6.45) is 3.54. The van der Waals surface area contributed by atoms with Gasteiger partial charge in [0.25, 0.3) is 10.0 Å². The van der Waals surface area contributed by atoms with E-state index in [4.69, 9.17) is 4.42 Å². The molecule has 2 aromatic heterocycles. The molecule has 0 aliphatic carbocycles. The van der Waals surface area contributed by atoms with Crippen LogP contribution < -0.4 is 4.72 Å². The number of rotatable bonds is 5. The second kappa shape index (κ2) is 4.72. The van der Waals surface area contributed by atoms with Crippen molar-refractivity contribution in [3.63, 3.8) is 0 Å². The van der Waals surface area contributed by atoms with Crippen LogP contribution in [0.3, 0.4) is 0 Å². The SMILES string of the molecule is Cc1ccc(S(=O)(=O)NCCc2cnoc2)o1. The van der Waals surface area contributed by atoms with E-state index < -0.39 is 10.0 Å². The molecule has 2 aromatic rings. The van der Waals surface area contributed by atoms with Gasteiger partial charge in [-0.15, -0.1) is 0 Å². The summed E-state index contributed by atoms with van der Waals surface area (Å²) in [6, 6.07) is 3.03. The highest BCUT2D eigenvalue weighted by molar-refractivity contribution is 7.89. The van der Waals surface area contributed by atoms with Crippen LogP contribution in [0, 0.1) is 6.92 Å². The molecule has 2 heterocycles. The fourth-order valence-corrected chi connectivity index (χ4v) is 2.31. The van der Waals surface area contributed by atoms with Gasteiger partial charge in [-0.3, -0.25) is 0 Å². The second-order valence-corrected chi connectivity index (χ2v) is 5.24. The van der Waals surface area contributed by atoms with E-state index in [1.807, 2.05) is 0 Å². The van der Waals surface area contributed by atoms with Gasteiger partial charge >= 0.3 is 0 Å². The van der Waals surface area contributed by atoms with Gasteiger partial charge in [0.1, 0.15) is 12.0 Å². The molecule has 0 aliphatic rings. The summed E-state index contributed by atoms with van der Waals surface area (Å²) in [6.45, 7) is 1.96. The van der Waals surface area contributed by atoms with Gasteiger partial charge in [-0.25, -0.2) is 13.1 Å². The lowest BCUT2D eigenvalue weighted by molar-refractivity contribution is 0.418. The molecule has 0 unspecified atom stereocenters. The zero-order valence-corrected chi connectivity index (χ0v) is 10.0. The minimum Gasteiger partial charge on any atom is -0.449 e. The van der Waals surface area contributed by atoms with Gasteiger partial charge in [0.2, 0.25) is 5.09 Å². The molecular weight excluding hydrogens is 244 g/mol. The van der Waals surface area contributed by atoms with Crippen LogP contribution in [0.2, 0.25) is 0 Å². The van der Waals surface area contributed by atoms with Crippen molar-refractivity contribution in [3.05, 3.63) is 35.9 Å². The topological polar surface area (TPSA) is 85.3 Å². The summed E-state index contributed by atoms with van der Waals surface area (Å²) in [5.41, 5.74) is 0.836. The highest BCUT2D eigenvalue weighted by Gasteiger charge is 2.17. The molecule has 92 valence electrons. The van der Waals surface area contributed by atoms with Gasteiger partial charge in [0.15, 0.2) is 0 Å². The molecule has 0 atom stereocenters. The standard InChI is InChI=1S/C10H12N2O4S/c1-8-2-3-10(16-8)17(13,14)12-5-4-9-6-11-15-7-9/h2-3,6-7,12H,4-5H2,1H3. The Kier molecular flexibility index (Phi) is 3.30. The molecule has 0 saturated carbocycles. The third-order valence-electron chi connectivity index (χ3n) is 2.17. The summed E-state index contributed by atoms with van der Waals surface area (Å²) in [7, 11) is -3.56. The summed E-state index contributed by atoms with van der Waals surface area (Å²) < 4.78 is 35.6. The minimum absolute atomic E-state index is 0.0691. The number of aromatic nitrogens is 1. The molecule has 0 saturated heterocycles. The molecule has 0 aromatic carbocycles. The number of nitrogens with one attached hydrogen (secondary N) is 1. The molecule has 2 rings (SSSR count). The molecule has 0 bridgehead atoms. The molecule has 0 spiro atoms. The van der Waals surface area contributed by atoms with E-state index in [1.165, 1.54) is 12.3 Å². The van der Waals surface area contributed by atoms with Crippen LogP contribution in [0.4, 0.5) is 0 Å². The van der Waals surface area contributed by atoms with Gasteiger partial charge in [-0.1, -0.05) is 5.16 Å². The van der Waals surface area contributed by atoms with Gasteiger partial charge in [-0.2, -0.15) is 0 Å². The Bertz CT molecular complexity index is 571. The van der Waals surface area contributed by atoms with Crippen molar-refractivity contribution < 1.29 is 17.4 Å². The first-order chi connectivity index (χ1) is 8.08. The highest BCUT2D eigenvalue weighted by Crippen LogP contribution is 2.12. The largest absolute Gasteiger partial charge is 0.449 e. The number of furan rings is 1. The molecule has 17 heavy (non-hydrogen) atoms. The highest BCUT2D eigenvalue weighted by atomic mass is 32.2. The van der Waals surface area contributed by atoms with Gasteiger partial charge in [0.05, 0.1) is 6.20 Å². The van der Waals surface area contributed by atoms with Gasteiger partial charge in [-0.05, 0) is 25.5 Å². The quantitative estimate of drug-likeness (QED) is 0.865. The van der Waals surface area contributed by atoms with Crippen molar-refractivity contribution in [1.82, 2.24) is 9.88 Å². The van der Waals surface area contributed by atoms with Crippen molar-refractivity contribution in [3.8, 4) is 0 Å². The van der Waals surface area contributed by atoms with Crippen molar-refractivity contribution in [2.75, 3.05) is 6.54 Å². The summed E-state index contributed by atoms with van der Waals surface area (Å²) in [4.78, 5) is 0. The first kappa shape index (κ1) is 11.9. The van der Waals surface area contributed by atoms with Crippen LogP contribution in [0.5, 0.6) is 0 Å². The van der Waals surface area contributed by atoms with Crippen molar-refractivity contribution >= 4 is 10.0 Å². The van der Waals surface area contributed by atoms with Gasteiger partial charge in [0, 0.05) is 12.1 Å². The first-order valence-corrected chi connectivity index (χ1v) is 6.50. The molecular formula is C10H12N2O4S. The minimum atomic E-state index is -3.56. The number of hydrogen-bond donors (Lipinski definition) is 1. The lowest BCUT2D eigenvalue weighted by atomic mass is 10.3. The lowest BCUT2D eigenvalue weighted by Gasteiger charge is -2.02. The van der Waals surface area contributed by atoms with Crippen LogP contribution in [0.25, 0.3) is 0 Å². The Labute approximate surface area is 98.7 Å². The van der Waals surface area contributed by atoms with Crippen LogP contribution in [-0.4, -0.2) is 20.1 Å². The second-order valence-electron chi connectivity index (χ2n) is 3.55. The Morgan fingerprint density at radius 2 is 2.24 bits per heavy atom. The van der Waals surface area contributed by atoms with Crippen molar-refractivity contribution in [2.45, 2.75) is 18.4 Å². The number of sulfonamides is 1. The number of aryl methyl sites for hydroxylation is 1. The monoisotopic (exact) mass is 256 g/mol. The smallest absolute Gasteiger partial charge is 0.273 e. The van der Waals surface area contributed by atoms with Crippen molar-refractivity contribution in [1.29, 1.82) is 0 Å². The average molecular weight is 256 g/mol. The lowest BCUT2D eigenvalue weighted by Crippen LogP contribution is -2.25. The van der Waals surface area contributed by atoms with Crippen molar-refractivity contribution in [2.24, 2.45) is 0 Å². The fourth-order valence-electron chi connectivity index (χ4n) is 1.31. The molecule has 6 nitrogen and oxygen atoms in total. The van der Waals surface area contributed by atoms with Crippen LogP contribution in [0.1, 0.15) is 11.3 Å². The Balaban J connectivity index is 1.94. The average Bonchev–Trinajstić information content (AvgIpc) is 2.89. The normalized spacial score (nSPS) is 11.8. The van der Waals surface area contributed by atoms with E-state index in [9.17, 15) is 8.42 Å². The Morgan fingerprint density at radius 1 is 1.41 bits per heavy atom. The molecule has 0 fully saturated rings. The maximum Gasteiger partial charge on any atom is 0.273 e. The predicted molar refractivity (Wildman–Crippen MR) is 58.8 cm³/mol. The first-order valence-electron chi connectivity index (χ1n) is 5.02. The maximum atomic E-state index is 11.7. The molecule has 0 aliphatic heterocycles. The zero-order valence-electron chi connectivity index (χ0n) is 9.21. The third-order valence-corrected chi connectivity index (χ3v) is 3.50. The van der Waals surface area contributed by atoms with Crippen LogP contribution >= 0.6 is 0 Å². The molecule has 0 radical (unpaired) electrons. The van der Waals surface area contributed by atoms with E-state index in [2.05, 4.69) is 14.4 Å². The maximum absolute atomic E-state index is 11.7. The zero-order chi connectivity index (χ0) is 12.3. The number of hydrogen-bond acceptors (Lipinski definition) is 5. The van der Waals surface area contributed by atoms with Crippen LogP contribution in [-0.2, 0) is 16.4 Å². The Hall–Kier alpha value is -1.60. The van der Waals surface area contributed by atoms with Gasteiger partial charge < -0.3 is 8.94 Å². The number of nitrogens with zero attached hydrogens (tertiary/aromatic N) is 1. The molecule has 7 heteroatoms.